The van der Waals surface area contributed by atoms with E-state index in [9.17, 15) is 9.59 Å². The van der Waals surface area contributed by atoms with Crippen molar-refractivity contribution in [1.29, 1.82) is 0 Å². The smallest absolute Gasteiger partial charge is 0.268 e. The Balaban J connectivity index is 1.43. The van der Waals surface area contributed by atoms with Crippen molar-refractivity contribution in [1.82, 2.24) is 14.8 Å². The third-order valence-corrected chi connectivity index (χ3v) is 6.19. The minimum atomic E-state index is -0.145. The molecule has 2 amide bonds. The van der Waals surface area contributed by atoms with Gasteiger partial charge in [0.25, 0.3) is 5.91 Å². The van der Waals surface area contributed by atoms with Crippen LogP contribution in [0.1, 0.15) is 35.3 Å². The Morgan fingerprint density at radius 3 is 2.77 bits per heavy atom. The summed E-state index contributed by atoms with van der Waals surface area (Å²) in [6.45, 7) is 1.14. The lowest BCUT2D eigenvalue weighted by atomic mass is 10.1. The minimum Gasteiger partial charge on any atom is -0.497 e. The van der Waals surface area contributed by atoms with Crippen molar-refractivity contribution >= 4 is 34.3 Å². The Labute approximate surface area is 186 Å². The van der Waals surface area contributed by atoms with Crippen LogP contribution < -0.4 is 10.1 Å². The highest BCUT2D eigenvalue weighted by atomic mass is 35.5. The number of nitrogens with zero attached hydrogens (tertiary/aromatic N) is 2. The van der Waals surface area contributed by atoms with Crippen molar-refractivity contribution in [2.45, 2.75) is 31.8 Å². The second-order valence-electron chi connectivity index (χ2n) is 7.93. The van der Waals surface area contributed by atoms with E-state index in [1.165, 1.54) is 0 Å². The number of methoxy groups -OCH3 is 1. The molecule has 0 spiro atoms. The first-order chi connectivity index (χ1) is 15.0. The van der Waals surface area contributed by atoms with Gasteiger partial charge in [-0.15, -0.1) is 0 Å². The zero-order chi connectivity index (χ0) is 22.0. The Hall–Kier alpha value is -2.99. The molecule has 1 unspecified atom stereocenters. The van der Waals surface area contributed by atoms with Gasteiger partial charge in [0.05, 0.1) is 17.6 Å². The third-order valence-electron chi connectivity index (χ3n) is 5.89. The molecule has 31 heavy (non-hydrogen) atoms. The lowest BCUT2D eigenvalue weighted by Gasteiger charge is -2.21. The number of amides is 2. The Morgan fingerprint density at radius 1 is 1.19 bits per heavy atom. The van der Waals surface area contributed by atoms with Gasteiger partial charge in [-0.2, -0.15) is 0 Å². The fourth-order valence-electron chi connectivity index (χ4n) is 4.18. The molecule has 0 radical (unpaired) electrons. The molecule has 0 bridgehead atoms. The van der Waals surface area contributed by atoms with Gasteiger partial charge in [0, 0.05) is 38.0 Å². The number of likely N-dealkylation sites (tertiary alicyclic amines) is 1. The average Bonchev–Trinajstić information content (AvgIpc) is 3.02. The first-order valence-corrected chi connectivity index (χ1v) is 10.8. The minimum absolute atomic E-state index is 0.0553. The van der Waals surface area contributed by atoms with E-state index in [1.807, 2.05) is 65.0 Å². The van der Waals surface area contributed by atoms with Crippen LogP contribution in [0.25, 0.3) is 10.9 Å². The molecular weight excluding hydrogens is 414 g/mol. The fraction of sp³-hybridized carbons (Fsp3) is 0.333. The van der Waals surface area contributed by atoms with Gasteiger partial charge in [0.15, 0.2) is 0 Å². The maximum atomic E-state index is 13.0. The molecule has 2 heterocycles. The standard InChI is InChI=1S/C24H26ClN3O3/c1-27-21(14-17-6-4-8-20(25)23(17)27)24(30)26-18-9-10-22(29)28(12-11-18)15-16-5-3-7-19(13-16)31-2/h3-8,13-14,18H,9-12,15H2,1-2H3,(H,26,30). The van der Waals surface area contributed by atoms with Crippen molar-refractivity contribution in [3.8, 4) is 5.75 Å². The van der Waals surface area contributed by atoms with Gasteiger partial charge >= 0.3 is 0 Å². The molecule has 2 aromatic carbocycles. The molecule has 1 saturated heterocycles. The quantitative estimate of drug-likeness (QED) is 0.649. The molecule has 162 valence electrons. The first kappa shape index (κ1) is 21.2. The van der Waals surface area contributed by atoms with Crippen LogP contribution in [0.3, 0.4) is 0 Å². The fourth-order valence-corrected chi connectivity index (χ4v) is 4.49. The largest absolute Gasteiger partial charge is 0.497 e. The highest BCUT2D eigenvalue weighted by Gasteiger charge is 2.25. The van der Waals surface area contributed by atoms with Gasteiger partial charge in [-0.1, -0.05) is 35.9 Å². The summed E-state index contributed by atoms with van der Waals surface area (Å²) in [5.74, 6) is 0.740. The molecule has 4 rings (SSSR count). The number of benzene rings is 2. The molecule has 6 nitrogen and oxygen atoms in total. The Bertz CT molecular complexity index is 1120. The van der Waals surface area contributed by atoms with E-state index in [0.29, 0.717) is 43.1 Å². The first-order valence-electron chi connectivity index (χ1n) is 10.4. The van der Waals surface area contributed by atoms with E-state index in [1.54, 1.807) is 7.11 Å². The lowest BCUT2D eigenvalue weighted by molar-refractivity contribution is -0.131. The topological polar surface area (TPSA) is 63.6 Å². The number of hydrogen-bond acceptors (Lipinski definition) is 3. The van der Waals surface area contributed by atoms with Crippen LogP contribution in [0.5, 0.6) is 5.75 Å². The molecule has 1 N–H and O–H groups in total. The van der Waals surface area contributed by atoms with E-state index < -0.39 is 0 Å². The molecule has 3 aromatic rings. The molecule has 1 aliphatic heterocycles. The summed E-state index contributed by atoms with van der Waals surface area (Å²) in [5.41, 5.74) is 2.43. The van der Waals surface area contributed by atoms with E-state index in [-0.39, 0.29) is 17.9 Å². The van der Waals surface area contributed by atoms with Crippen molar-refractivity contribution in [3.05, 3.63) is 64.8 Å². The van der Waals surface area contributed by atoms with Crippen molar-refractivity contribution in [2.75, 3.05) is 13.7 Å². The molecule has 0 saturated carbocycles. The number of carbonyl (C=O) groups excluding carboxylic acids is 2. The monoisotopic (exact) mass is 439 g/mol. The maximum absolute atomic E-state index is 13.0. The summed E-state index contributed by atoms with van der Waals surface area (Å²) in [5, 5.41) is 4.67. The summed E-state index contributed by atoms with van der Waals surface area (Å²) in [7, 11) is 3.47. The predicted molar refractivity (Wildman–Crippen MR) is 121 cm³/mol. The number of rotatable bonds is 5. The zero-order valence-corrected chi connectivity index (χ0v) is 18.5. The van der Waals surface area contributed by atoms with Crippen molar-refractivity contribution in [2.24, 2.45) is 7.05 Å². The van der Waals surface area contributed by atoms with Gasteiger partial charge in [-0.3, -0.25) is 9.59 Å². The number of halogens is 1. The van der Waals surface area contributed by atoms with Gasteiger partial charge < -0.3 is 19.5 Å². The number of carbonyl (C=O) groups is 2. The van der Waals surface area contributed by atoms with Crippen LogP contribution in [-0.2, 0) is 18.4 Å². The maximum Gasteiger partial charge on any atom is 0.268 e. The van der Waals surface area contributed by atoms with Gasteiger partial charge in [-0.25, -0.2) is 0 Å². The van der Waals surface area contributed by atoms with Crippen molar-refractivity contribution in [3.63, 3.8) is 0 Å². The molecule has 7 heteroatoms. The van der Waals surface area contributed by atoms with Crippen LogP contribution in [0.15, 0.2) is 48.5 Å². The van der Waals surface area contributed by atoms with Gasteiger partial charge in [0.2, 0.25) is 5.91 Å². The average molecular weight is 440 g/mol. The zero-order valence-electron chi connectivity index (χ0n) is 17.7. The van der Waals surface area contributed by atoms with Crippen LogP contribution in [-0.4, -0.2) is 41.0 Å². The van der Waals surface area contributed by atoms with E-state index >= 15 is 0 Å². The number of hydrogen-bond donors (Lipinski definition) is 1. The molecule has 1 aliphatic rings. The van der Waals surface area contributed by atoms with E-state index in [0.717, 1.165) is 22.2 Å². The summed E-state index contributed by atoms with van der Waals surface area (Å²) >= 11 is 6.31. The number of aromatic nitrogens is 1. The molecule has 1 fully saturated rings. The summed E-state index contributed by atoms with van der Waals surface area (Å²) in [6, 6.07) is 15.2. The highest BCUT2D eigenvalue weighted by Crippen LogP contribution is 2.26. The number of nitrogens with one attached hydrogen (secondary N) is 1. The van der Waals surface area contributed by atoms with E-state index in [2.05, 4.69) is 5.32 Å². The van der Waals surface area contributed by atoms with Gasteiger partial charge in [-0.05, 0) is 42.7 Å². The molecule has 0 aliphatic carbocycles. The van der Waals surface area contributed by atoms with Crippen molar-refractivity contribution < 1.29 is 14.3 Å². The predicted octanol–water partition coefficient (Wildman–Crippen LogP) is 4.15. The summed E-state index contributed by atoms with van der Waals surface area (Å²) in [6.07, 6.45) is 1.76. The molecule has 1 atom stereocenters. The SMILES string of the molecule is COc1cccc(CN2CCC(NC(=O)c3cc4cccc(Cl)c4n3C)CCC2=O)c1. The van der Waals surface area contributed by atoms with Gasteiger partial charge in [0.1, 0.15) is 11.4 Å². The molecule has 1 aromatic heterocycles. The molecular formula is C24H26ClN3O3. The number of fused-ring (bicyclic) bond motifs is 1. The number of ether oxygens (including phenoxy) is 1. The Morgan fingerprint density at radius 2 is 2.00 bits per heavy atom. The van der Waals surface area contributed by atoms with Crippen LogP contribution in [0.2, 0.25) is 5.02 Å². The second kappa shape index (κ2) is 9.02. The summed E-state index contributed by atoms with van der Waals surface area (Å²) < 4.78 is 7.10. The normalized spacial score (nSPS) is 16.9. The van der Waals surface area contributed by atoms with Crippen LogP contribution in [0, 0.1) is 0 Å². The van der Waals surface area contributed by atoms with Crippen LogP contribution >= 0.6 is 11.6 Å². The third kappa shape index (κ3) is 4.54. The lowest BCUT2D eigenvalue weighted by Crippen LogP contribution is -2.36. The number of para-hydroxylation sites is 1. The summed E-state index contributed by atoms with van der Waals surface area (Å²) in [4.78, 5) is 27.5. The Kier molecular flexibility index (Phi) is 6.18. The second-order valence-corrected chi connectivity index (χ2v) is 8.34. The highest BCUT2D eigenvalue weighted by molar-refractivity contribution is 6.35. The van der Waals surface area contributed by atoms with E-state index in [4.69, 9.17) is 16.3 Å². The van der Waals surface area contributed by atoms with Crippen LogP contribution in [0.4, 0.5) is 0 Å². The number of aryl methyl sites for hydroxylation is 1.